The van der Waals surface area contributed by atoms with Crippen molar-refractivity contribution in [3.63, 3.8) is 0 Å². The highest BCUT2D eigenvalue weighted by molar-refractivity contribution is 5.89. The maximum atomic E-state index is 12.9. The van der Waals surface area contributed by atoms with E-state index >= 15 is 0 Å². The second kappa shape index (κ2) is 6.20. The number of rotatable bonds is 4. The van der Waals surface area contributed by atoms with Crippen LogP contribution in [0.4, 0.5) is 0 Å². The minimum Gasteiger partial charge on any atom is -0.497 e. The SMILES string of the molecule is COc1ccc(C(C)(C)C(=O)N2CCC[C@@](O)(C(N)=O)C2)cc1. The predicted octanol–water partition coefficient (Wildman–Crippen LogP) is 0.812. The molecule has 1 aliphatic heterocycles. The van der Waals surface area contributed by atoms with Crippen LogP contribution in [0.1, 0.15) is 32.3 Å². The lowest BCUT2D eigenvalue weighted by Crippen LogP contribution is -2.59. The topological polar surface area (TPSA) is 92.9 Å². The number of β-amino-alcohol motifs (C(OH)–C–C–N with tert-alkyl or cyclic N) is 1. The minimum atomic E-state index is -1.64. The lowest BCUT2D eigenvalue weighted by atomic mass is 9.81. The number of aliphatic hydroxyl groups is 1. The molecule has 1 aromatic carbocycles. The number of methoxy groups -OCH3 is 1. The van der Waals surface area contributed by atoms with E-state index in [1.807, 2.05) is 26.0 Å². The van der Waals surface area contributed by atoms with E-state index in [-0.39, 0.29) is 18.9 Å². The van der Waals surface area contributed by atoms with Crippen LogP contribution < -0.4 is 10.5 Å². The maximum absolute atomic E-state index is 12.9. The Morgan fingerprint density at radius 2 is 1.91 bits per heavy atom. The molecule has 0 radical (unpaired) electrons. The van der Waals surface area contributed by atoms with Gasteiger partial charge in [0.1, 0.15) is 5.75 Å². The number of carbonyl (C=O) groups is 2. The zero-order valence-electron chi connectivity index (χ0n) is 13.8. The van der Waals surface area contributed by atoms with Gasteiger partial charge in [0.05, 0.1) is 19.1 Å². The quantitative estimate of drug-likeness (QED) is 0.858. The zero-order valence-corrected chi connectivity index (χ0v) is 13.8. The number of carbonyl (C=O) groups excluding carboxylic acids is 2. The molecule has 2 amide bonds. The Hall–Kier alpha value is -2.08. The average Bonchev–Trinajstić information content (AvgIpc) is 2.54. The summed E-state index contributed by atoms with van der Waals surface area (Å²) in [6, 6.07) is 7.31. The van der Waals surface area contributed by atoms with Gasteiger partial charge in [-0.25, -0.2) is 0 Å². The van der Waals surface area contributed by atoms with Crippen molar-refractivity contribution >= 4 is 11.8 Å². The Morgan fingerprint density at radius 1 is 1.30 bits per heavy atom. The molecule has 1 heterocycles. The van der Waals surface area contributed by atoms with Crippen LogP contribution in [-0.2, 0) is 15.0 Å². The molecule has 1 fully saturated rings. The van der Waals surface area contributed by atoms with Gasteiger partial charge in [0.2, 0.25) is 5.91 Å². The van der Waals surface area contributed by atoms with Crippen LogP contribution in [0.5, 0.6) is 5.75 Å². The molecule has 126 valence electrons. The Labute approximate surface area is 136 Å². The summed E-state index contributed by atoms with van der Waals surface area (Å²) >= 11 is 0. The predicted molar refractivity (Wildman–Crippen MR) is 86.0 cm³/mol. The first-order valence-corrected chi connectivity index (χ1v) is 7.67. The molecule has 1 saturated heterocycles. The molecule has 1 aromatic rings. The maximum Gasteiger partial charge on any atom is 0.251 e. The summed E-state index contributed by atoms with van der Waals surface area (Å²) in [5.74, 6) is -0.197. The summed E-state index contributed by atoms with van der Waals surface area (Å²) < 4.78 is 5.13. The van der Waals surface area contributed by atoms with Gasteiger partial charge in [0.15, 0.2) is 5.60 Å². The third kappa shape index (κ3) is 3.32. The number of likely N-dealkylation sites (tertiary alicyclic amines) is 1. The highest BCUT2D eigenvalue weighted by atomic mass is 16.5. The van der Waals surface area contributed by atoms with Gasteiger partial charge in [-0.2, -0.15) is 0 Å². The number of hydrogen-bond donors (Lipinski definition) is 2. The fourth-order valence-electron chi connectivity index (χ4n) is 2.94. The molecule has 0 bridgehead atoms. The first-order chi connectivity index (χ1) is 10.7. The zero-order chi connectivity index (χ0) is 17.3. The van der Waals surface area contributed by atoms with Gasteiger partial charge in [-0.1, -0.05) is 12.1 Å². The number of primary amides is 1. The number of piperidine rings is 1. The number of amides is 2. The molecular formula is C17H24N2O4. The summed E-state index contributed by atoms with van der Waals surface area (Å²) in [7, 11) is 1.59. The third-order valence-electron chi connectivity index (χ3n) is 4.56. The van der Waals surface area contributed by atoms with Gasteiger partial charge in [0, 0.05) is 6.54 Å². The second-order valence-electron chi connectivity index (χ2n) is 6.58. The van der Waals surface area contributed by atoms with E-state index in [1.54, 1.807) is 19.2 Å². The van der Waals surface area contributed by atoms with Gasteiger partial charge in [-0.3, -0.25) is 9.59 Å². The summed E-state index contributed by atoms with van der Waals surface area (Å²) in [5.41, 5.74) is 3.71. The van der Waals surface area contributed by atoms with Crippen molar-refractivity contribution in [3.05, 3.63) is 29.8 Å². The Balaban J connectivity index is 2.21. The van der Waals surface area contributed by atoms with E-state index < -0.39 is 16.9 Å². The number of benzene rings is 1. The van der Waals surface area contributed by atoms with E-state index in [0.717, 1.165) is 11.3 Å². The van der Waals surface area contributed by atoms with Crippen molar-refractivity contribution in [1.29, 1.82) is 0 Å². The van der Waals surface area contributed by atoms with Crippen molar-refractivity contribution in [2.75, 3.05) is 20.2 Å². The van der Waals surface area contributed by atoms with Crippen molar-refractivity contribution < 1.29 is 19.4 Å². The number of nitrogens with two attached hydrogens (primary N) is 1. The molecule has 0 spiro atoms. The van der Waals surface area contributed by atoms with Crippen molar-refractivity contribution in [3.8, 4) is 5.75 Å². The van der Waals surface area contributed by atoms with Crippen LogP contribution in [0.3, 0.4) is 0 Å². The minimum absolute atomic E-state index is 0.0548. The van der Waals surface area contributed by atoms with E-state index in [0.29, 0.717) is 13.0 Å². The Bertz CT molecular complexity index is 597. The lowest BCUT2D eigenvalue weighted by Gasteiger charge is -2.40. The number of ether oxygens (including phenoxy) is 1. The van der Waals surface area contributed by atoms with Crippen molar-refractivity contribution in [2.45, 2.75) is 37.7 Å². The largest absolute Gasteiger partial charge is 0.497 e. The smallest absolute Gasteiger partial charge is 0.251 e. The Kier molecular flexibility index (Phi) is 4.66. The van der Waals surface area contributed by atoms with Gasteiger partial charge < -0.3 is 20.5 Å². The normalized spacial score (nSPS) is 21.8. The fraction of sp³-hybridized carbons (Fsp3) is 0.529. The van der Waals surface area contributed by atoms with Gasteiger partial charge >= 0.3 is 0 Å². The average molecular weight is 320 g/mol. The monoisotopic (exact) mass is 320 g/mol. The number of nitrogens with zero attached hydrogens (tertiary/aromatic N) is 1. The molecule has 0 saturated carbocycles. The first kappa shape index (κ1) is 17.3. The number of hydrogen-bond acceptors (Lipinski definition) is 4. The summed E-state index contributed by atoms with van der Waals surface area (Å²) in [6.45, 7) is 4.11. The van der Waals surface area contributed by atoms with Crippen LogP contribution in [-0.4, -0.2) is 47.6 Å². The molecule has 1 aliphatic rings. The summed E-state index contributed by atoms with van der Waals surface area (Å²) in [4.78, 5) is 25.9. The molecule has 1 atom stereocenters. The summed E-state index contributed by atoms with van der Waals surface area (Å²) in [6.07, 6.45) is 0.832. The van der Waals surface area contributed by atoms with Crippen LogP contribution in [0.2, 0.25) is 0 Å². The lowest BCUT2D eigenvalue weighted by molar-refractivity contribution is -0.151. The highest BCUT2D eigenvalue weighted by Crippen LogP contribution is 2.30. The van der Waals surface area contributed by atoms with E-state index in [9.17, 15) is 14.7 Å². The van der Waals surface area contributed by atoms with E-state index in [2.05, 4.69) is 0 Å². The van der Waals surface area contributed by atoms with Crippen LogP contribution >= 0.6 is 0 Å². The van der Waals surface area contributed by atoms with Crippen LogP contribution in [0, 0.1) is 0 Å². The van der Waals surface area contributed by atoms with Gasteiger partial charge in [0.25, 0.3) is 5.91 Å². The van der Waals surface area contributed by atoms with Crippen LogP contribution in [0.15, 0.2) is 24.3 Å². The van der Waals surface area contributed by atoms with Gasteiger partial charge in [-0.05, 0) is 44.4 Å². The molecule has 0 aliphatic carbocycles. The molecule has 6 nitrogen and oxygen atoms in total. The molecule has 3 N–H and O–H groups in total. The molecule has 0 unspecified atom stereocenters. The van der Waals surface area contributed by atoms with Crippen molar-refractivity contribution in [1.82, 2.24) is 4.90 Å². The molecule has 23 heavy (non-hydrogen) atoms. The Morgan fingerprint density at radius 3 is 2.43 bits per heavy atom. The van der Waals surface area contributed by atoms with E-state index in [4.69, 9.17) is 10.5 Å². The molecule has 6 heteroatoms. The fourth-order valence-corrected chi connectivity index (χ4v) is 2.94. The highest BCUT2D eigenvalue weighted by Gasteiger charge is 2.43. The molecular weight excluding hydrogens is 296 g/mol. The first-order valence-electron chi connectivity index (χ1n) is 7.67. The standard InChI is InChI=1S/C17H24N2O4/c1-16(2,12-5-7-13(23-3)8-6-12)15(21)19-10-4-9-17(22,11-19)14(18)20/h5-8,22H,4,9-11H2,1-3H3,(H2,18,20)/t17-/m0/s1. The molecule has 2 rings (SSSR count). The van der Waals surface area contributed by atoms with Gasteiger partial charge in [-0.15, -0.1) is 0 Å². The third-order valence-corrected chi connectivity index (χ3v) is 4.56. The van der Waals surface area contributed by atoms with Crippen LogP contribution in [0.25, 0.3) is 0 Å². The summed E-state index contributed by atoms with van der Waals surface area (Å²) in [5, 5.41) is 10.3. The van der Waals surface area contributed by atoms with Crippen molar-refractivity contribution in [2.24, 2.45) is 5.73 Å². The second-order valence-corrected chi connectivity index (χ2v) is 6.58. The van der Waals surface area contributed by atoms with E-state index in [1.165, 1.54) is 4.90 Å². The molecule has 0 aromatic heterocycles.